The summed E-state index contributed by atoms with van der Waals surface area (Å²) in [7, 11) is -1.51. The highest BCUT2D eigenvalue weighted by molar-refractivity contribution is 6.60. The molecule has 0 aromatic heterocycles. The smallest absolute Gasteiger partial charge is 0.428 e. The topological polar surface area (TPSA) is 62.9 Å². The van der Waals surface area contributed by atoms with Crippen molar-refractivity contribution in [3.8, 4) is 0 Å². The van der Waals surface area contributed by atoms with E-state index in [1.807, 2.05) is 27.7 Å². The van der Waals surface area contributed by atoms with Crippen LogP contribution < -0.4 is 5.73 Å². The Balaban J connectivity index is 0. The van der Waals surface area contributed by atoms with Gasteiger partial charge < -0.3 is 23.4 Å². The Kier molecular flexibility index (Phi) is 17.5. The van der Waals surface area contributed by atoms with E-state index in [9.17, 15) is 0 Å². The Bertz CT molecular complexity index is 145. The van der Waals surface area contributed by atoms with Gasteiger partial charge >= 0.3 is 8.80 Å². The lowest BCUT2D eigenvalue weighted by Gasteiger charge is -2.28. The summed E-state index contributed by atoms with van der Waals surface area (Å²) in [4.78, 5) is 0. The summed E-state index contributed by atoms with van der Waals surface area (Å²) < 4.78 is 21.6. The molecule has 0 aromatic rings. The van der Waals surface area contributed by atoms with Crippen molar-refractivity contribution in [2.75, 3.05) is 33.0 Å². The van der Waals surface area contributed by atoms with Crippen molar-refractivity contribution in [3.63, 3.8) is 0 Å². The van der Waals surface area contributed by atoms with E-state index in [0.717, 1.165) is 29.6 Å². The zero-order valence-electron chi connectivity index (χ0n) is 12.7. The average molecular weight is 298 g/mol. The van der Waals surface area contributed by atoms with Crippen LogP contribution in [0.2, 0.25) is 6.04 Å². The van der Waals surface area contributed by atoms with Crippen LogP contribution in [0.3, 0.4) is 0 Å². The van der Waals surface area contributed by atoms with Gasteiger partial charge in [0, 0.05) is 32.5 Å². The minimum Gasteiger partial charge on any atom is -0.428 e. The van der Waals surface area contributed by atoms with Gasteiger partial charge in [-0.3, -0.25) is 0 Å². The van der Waals surface area contributed by atoms with Gasteiger partial charge in [0.05, 0.1) is 0 Å². The van der Waals surface area contributed by atoms with Gasteiger partial charge in [-0.2, -0.15) is 0 Å². The first kappa shape index (κ1) is 20.5. The Morgan fingerprint density at radius 3 is 1.50 bits per heavy atom. The fourth-order valence-electron chi connectivity index (χ4n) is 1.32. The molecule has 7 heteroatoms. The lowest BCUT2D eigenvalue weighted by molar-refractivity contribution is 0.0710. The van der Waals surface area contributed by atoms with E-state index in [1.54, 1.807) is 0 Å². The minimum atomic E-state index is -2.40. The second-order valence-electron chi connectivity index (χ2n) is 3.45. The van der Waals surface area contributed by atoms with Crippen molar-refractivity contribution in [1.29, 1.82) is 0 Å². The van der Waals surface area contributed by atoms with Crippen molar-refractivity contribution >= 4 is 19.3 Å². The first-order valence-corrected chi connectivity index (χ1v) is 9.51. The fourth-order valence-corrected chi connectivity index (χ4v) is 3.96. The normalized spacial score (nSPS) is 11.2. The number of hydrogen-bond acceptors (Lipinski definition) is 5. The fraction of sp³-hybridized carbons (Fsp3) is 1.00. The molecule has 0 radical (unpaired) electrons. The van der Waals surface area contributed by atoms with Crippen molar-refractivity contribution in [1.82, 2.24) is 0 Å². The van der Waals surface area contributed by atoms with E-state index in [1.165, 1.54) is 0 Å². The van der Waals surface area contributed by atoms with Gasteiger partial charge in [-0.25, -0.2) is 0 Å². The number of rotatable bonds is 10. The highest BCUT2D eigenvalue weighted by Crippen LogP contribution is 2.17. The Morgan fingerprint density at radius 2 is 1.28 bits per heavy atom. The average Bonchev–Trinajstić information content (AvgIpc) is 2.38. The summed E-state index contributed by atoms with van der Waals surface area (Å²) in [5, 5.41) is 0. The summed E-state index contributed by atoms with van der Waals surface area (Å²) in [6, 6.07) is 0.818. The molecule has 0 heterocycles. The third-order valence-electron chi connectivity index (χ3n) is 2.07. The Morgan fingerprint density at radius 1 is 0.889 bits per heavy atom. The Hall–Kier alpha value is 0.234. The molecule has 0 fully saturated rings. The molecule has 0 rings (SSSR count). The van der Waals surface area contributed by atoms with Crippen molar-refractivity contribution in [2.24, 2.45) is 5.73 Å². The number of nitrogens with two attached hydrogens (primary N) is 1. The van der Waals surface area contributed by atoms with Crippen LogP contribution in [0, 0.1) is 0 Å². The second kappa shape index (κ2) is 15.3. The SMILES string of the molecule is CCO[SiH3].CCO[Si](CCCN)(OCC)OCC. The van der Waals surface area contributed by atoms with Crippen LogP contribution in [0.5, 0.6) is 0 Å². The van der Waals surface area contributed by atoms with Crippen LogP contribution in [0.25, 0.3) is 0 Å². The van der Waals surface area contributed by atoms with E-state index in [0.29, 0.717) is 26.4 Å². The van der Waals surface area contributed by atoms with E-state index in [2.05, 4.69) is 4.43 Å². The monoisotopic (exact) mass is 297 g/mol. The molecule has 0 saturated heterocycles. The molecule has 0 spiro atoms. The molecule has 0 saturated carbocycles. The molecule has 2 N–H and O–H groups in total. The summed E-state index contributed by atoms with van der Waals surface area (Å²) in [5.41, 5.74) is 5.48. The molecule has 0 atom stereocenters. The molecule has 0 unspecified atom stereocenters. The Labute approximate surface area is 116 Å². The van der Waals surface area contributed by atoms with Crippen LogP contribution in [0.1, 0.15) is 34.1 Å². The lowest BCUT2D eigenvalue weighted by atomic mass is 10.5. The molecule has 0 aromatic carbocycles. The van der Waals surface area contributed by atoms with Crippen molar-refractivity contribution < 1.29 is 17.7 Å². The standard InChI is InChI=1S/C9H23NO3Si.C2H8OSi/c1-4-11-14(12-5-2,13-6-3)9-7-8-10;1-2-3-4/h4-10H2,1-3H3;2H2,1,4H3. The van der Waals surface area contributed by atoms with Gasteiger partial charge in [0.2, 0.25) is 0 Å². The van der Waals surface area contributed by atoms with Gasteiger partial charge in [0.15, 0.2) is 0 Å². The third kappa shape index (κ3) is 11.3. The zero-order chi connectivity index (χ0) is 14.3. The van der Waals surface area contributed by atoms with E-state index in [4.69, 9.17) is 19.0 Å². The zero-order valence-corrected chi connectivity index (χ0v) is 15.7. The molecular formula is C11H31NO4Si2. The summed E-state index contributed by atoms with van der Waals surface area (Å²) >= 11 is 0. The van der Waals surface area contributed by atoms with Crippen LogP contribution in [-0.2, 0) is 17.7 Å². The maximum Gasteiger partial charge on any atom is 0.500 e. The molecule has 0 bridgehead atoms. The van der Waals surface area contributed by atoms with Crippen molar-refractivity contribution in [2.45, 2.75) is 40.2 Å². The molecule has 0 aliphatic carbocycles. The lowest BCUT2D eigenvalue weighted by Crippen LogP contribution is -2.46. The summed E-state index contributed by atoms with van der Waals surface area (Å²) in [6.45, 7) is 11.3. The van der Waals surface area contributed by atoms with E-state index in [-0.39, 0.29) is 0 Å². The maximum atomic E-state index is 5.65. The van der Waals surface area contributed by atoms with Gasteiger partial charge in [0.25, 0.3) is 0 Å². The second-order valence-corrected chi connectivity index (χ2v) is 6.76. The largest absolute Gasteiger partial charge is 0.500 e. The van der Waals surface area contributed by atoms with Gasteiger partial charge in [-0.05, 0) is 40.7 Å². The summed E-state index contributed by atoms with van der Waals surface area (Å²) in [5.74, 6) is 0. The molecule has 0 aliphatic rings. The van der Waals surface area contributed by atoms with Crippen LogP contribution in [-0.4, -0.2) is 52.3 Å². The summed E-state index contributed by atoms with van der Waals surface area (Å²) in [6.07, 6.45) is 0.895. The highest BCUT2D eigenvalue weighted by Gasteiger charge is 2.39. The van der Waals surface area contributed by atoms with E-state index < -0.39 is 8.80 Å². The molecular weight excluding hydrogens is 266 g/mol. The minimum absolute atomic E-state index is 0.636. The van der Waals surface area contributed by atoms with Crippen LogP contribution >= 0.6 is 0 Å². The molecule has 0 aliphatic heterocycles. The highest BCUT2D eigenvalue weighted by atomic mass is 28.4. The molecule has 18 heavy (non-hydrogen) atoms. The number of hydrogen-bond donors (Lipinski definition) is 1. The first-order chi connectivity index (χ1) is 8.66. The predicted octanol–water partition coefficient (Wildman–Crippen LogP) is 0.687. The predicted molar refractivity (Wildman–Crippen MR) is 80.7 cm³/mol. The van der Waals surface area contributed by atoms with Gasteiger partial charge in [-0.15, -0.1) is 0 Å². The van der Waals surface area contributed by atoms with Gasteiger partial charge in [-0.1, -0.05) is 0 Å². The first-order valence-electron chi connectivity index (χ1n) is 6.77. The molecule has 5 nitrogen and oxygen atoms in total. The van der Waals surface area contributed by atoms with Crippen LogP contribution in [0.15, 0.2) is 0 Å². The van der Waals surface area contributed by atoms with E-state index >= 15 is 0 Å². The third-order valence-corrected chi connectivity index (χ3v) is 5.80. The van der Waals surface area contributed by atoms with Crippen molar-refractivity contribution in [3.05, 3.63) is 0 Å². The molecule has 0 amide bonds. The molecule has 112 valence electrons. The van der Waals surface area contributed by atoms with Crippen LogP contribution in [0.4, 0.5) is 0 Å². The quantitative estimate of drug-likeness (QED) is 0.601. The van der Waals surface area contributed by atoms with Gasteiger partial charge in [0.1, 0.15) is 10.5 Å². The maximum absolute atomic E-state index is 5.65.